The minimum absolute atomic E-state index is 0.176. The predicted octanol–water partition coefficient (Wildman–Crippen LogP) is 4.87. The fourth-order valence-corrected chi connectivity index (χ4v) is 4.31. The van der Waals surface area contributed by atoms with Crippen molar-refractivity contribution in [2.75, 3.05) is 13.6 Å². The number of nitrogens with zero attached hydrogens (tertiary/aromatic N) is 3. The largest absolute Gasteiger partial charge is 0.474 e. The van der Waals surface area contributed by atoms with Crippen molar-refractivity contribution < 1.29 is 4.74 Å². The first-order valence-electron chi connectivity index (χ1n) is 7.70. The van der Waals surface area contributed by atoms with Crippen molar-refractivity contribution in [3.63, 3.8) is 0 Å². The van der Waals surface area contributed by atoms with E-state index >= 15 is 0 Å². The lowest BCUT2D eigenvalue weighted by Crippen LogP contribution is -2.28. The standard InChI is InChI=1S/C16H28BrN3OSi/c1-8-20(4)11-18-15-9-14(17)16(19-13(15)3)21-12(2)10-22(5,6)7/h9,11-12H,8,10H2,1-7H3. The lowest BCUT2D eigenvalue weighted by atomic mass is 10.3. The van der Waals surface area contributed by atoms with Crippen molar-refractivity contribution in [1.82, 2.24) is 9.88 Å². The second-order valence-corrected chi connectivity index (χ2v) is 13.3. The van der Waals surface area contributed by atoms with E-state index in [1.54, 1.807) is 0 Å². The molecule has 0 fully saturated rings. The molecule has 1 unspecified atom stereocenters. The maximum absolute atomic E-state index is 6.02. The maximum atomic E-state index is 6.02. The van der Waals surface area contributed by atoms with Gasteiger partial charge >= 0.3 is 0 Å². The van der Waals surface area contributed by atoms with Gasteiger partial charge in [0.25, 0.3) is 0 Å². The first kappa shape index (κ1) is 19.2. The smallest absolute Gasteiger partial charge is 0.228 e. The quantitative estimate of drug-likeness (QED) is 0.381. The van der Waals surface area contributed by atoms with Crippen molar-refractivity contribution in [2.24, 2.45) is 4.99 Å². The van der Waals surface area contributed by atoms with Crippen molar-refractivity contribution in [3.05, 3.63) is 16.2 Å². The van der Waals surface area contributed by atoms with Gasteiger partial charge in [-0.2, -0.15) is 0 Å². The molecule has 6 heteroatoms. The van der Waals surface area contributed by atoms with Gasteiger partial charge in [-0.3, -0.25) is 0 Å². The number of ether oxygens (including phenoxy) is 1. The molecule has 124 valence electrons. The Morgan fingerprint density at radius 1 is 1.45 bits per heavy atom. The van der Waals surface area contributed by atoms with Gasteiger partial charge in [0, 0.05) is 21.7 Å². The van der Waals surface area contributed by atoms with E-state index in [1.165, 1.54) is 0 Å². The van der Waals surface area contributed by atoms with E-state index in [9.17, 15) is 0 Å². The summed E-state index contributed by atoms with van der Waals surface area (Å²) in [6.45, 7) is 14.1. The molecule has 0 aliphatic rings. The number of aryl methyl sites for hydroxylation is 1. The highest BCUT2D eigenvalue weighted by Gasteiger charge is 2.20. The third-order valence-corrected chi connectivity index (χ3v) is 5.58. The van der Waals surface area contributed by atoms with Crippen LogP contribution in [0.5, 0.6) is 5.88 Å². The number of aliphatic imine (C=N–C) groups is 1. The van der Waals surface area contributed by atoms with Gasteiger partial charge in [-0.25, -0.2) is 9.98 Å². The summed E-state index contributed by atoms with van der Waals surface area (Å²) in [5, 5.41) is 0. The van der Waals surface area contributed by atoms with Gasteiger partial charge in [0.05, 0.1) is 28.3 Å². The predicted molar refractivity (Wildman–Crippen MR) is 101 cm³/mol. The van der Waals surface area contributed by atoms with Gasteiger partial charge in [0.1, 0.15) is 0 Å². The summed E-state index contributed by atoms with van der Waals surface area (Å²) in [5.41, 5.74) is 1.73. The van der Waals surface area contributed by atoms with Gasteiger partial charge in [-0.1, -0.05) is 19.6 Å². The molecule has 1 atom stereocenters. The van der Waals surface area contributed by atoms with Crippen molar-refractivity contribution in [1.29, 1.82) is 0 Å². The van der Waals surface area contributed by atoms with Crippen LogP contribution in [0.15, 0.2) is 15.5 Å². The molecule has 1 aromatic rings. The summed E-state index contributed by atoms with van der Waals surface area (Å²) >= 11 is 3.55. The summed E-state index contributed by atoms with van der Waals surface area (Å²) in [6, 6.07) is 3.08. The highest BCUT2D eigenvalue weighted by Crippen LogP contribution is 2.31. The lowest BCUT2D eigenvalue weighted by Gasteiger charge is -2.22. The average molecular weight is 386 g/mol. The number of hydrogen-bond donors (Lipinski definition) is 0. The number of hydrogen-bond acceptors (Lipinski definition) is 3. The topological polar surface area (TPSA) is 37.7 Å². The molecule has 0 bridgehead atoms. The molecule has 0 aliphatic carbocycles. The minimum atomic E-state index is -1.14. The van der Waals surface area contributed by atoms with Crippen LogP contribution in [0.4, 0.5) is 5.69 Å². The second kappa shape index (κ2) is 8.11. The van der Waals surface area contributed by atoms with Gasteiger partial charge in [-0.15, -0.1) is 0 Å². The highest BCUT2D eigenvalue weighted by atomic mass is 79.9. The molecule has 0 aliphatic heterocycles. The van der Waals surface area contributed by atoms with Crippen LogP contribution in [-0.2, 0) is 0 Å². The Bertz CT molecular complexity index is 529. The zero-order chi connectivity index (χ0) is 16.9. The van der Waals surface area contributed by atoms with Crippen LogP contribution in [0.2, 0.25) is 25.7 Å². The molecule has 0 spiro atoms. The third-order valence-electron chi connectivity index (χ3n) is 3.21. The van der Waals surface area contributed by atoms with Crippen LogP contribution < -0.4 is 4.74 Å². The zero-order valence-electron chi connectivity index (χ0n) is 14.8. The fraction of sp³-hybridized carbons (Fsp3) is 0.625. The van der Waals surface area contributed by atoms with E-state index in [4.69, 9.17) is 4.74 Å². The van der Waals surface area contributed by atoms with Crippen LogP contribution in [0.3, 0.4) is 0 Å². The van der Waals surface area contributed by atoms with E-state index < -0.39 is 8.07 Å². The minimum Gasteiger partial charge on any atom is -0.474 e. The van der Waals surface area contributed by atoms with E-state index in [0.29, 0.717) is 5.88 Å². The number of pyridine rings is 1. The van der Waals surface area contributed by atoms with Crippen molar-refractivity contribution >= 4 is 36.0 Å². The summed E-state index contributed by atoms with van der Waals surface area (Å²) in [6.07, 6.45) is 2.00. The second-order valence-electron chi connectivity index (χ2n) is 6.89. The Balaban J connectivity index is 2.88. The normalized spacial score (nSPS) is 13.5. The Labute approximate surface area is 144 Å². The number of rotatable bonds is 7. The van der Waals surface area contributed by atoms with Crippen molar-refractivity contribution in [3.8, 4) is 5.88 Å². The number of halogens is 1. The molecule has 4 nitrogen and oxygen atoms in total. The molecule has 1 aromatic heterocycles. The Morgan fingerprint density at radius 2 is 2.09 bits per heavy atom. The molecule has 0 saturated heterocycles. The lowest BCUT2D eigenvalue weighted by molar-refractivity contribution is 0.229. The van der Waals surface area contributed by atoms with E-state index in [-0.39, 0.29) is 6.10 Å². The van der Waals surface area contributed by atoms with Crippen molar-refractivity contribution in [2.45, 2.75) is 52.6 Å². The maximum Gasteiger partial charge on any atom is 0.228 e. The van der Waals surface area contributed by atoms with Crippen LogP contribution >= 0.6 is 15.9 Å². The van der Waals surface area contributed by atoms with Crippen LogP contribution in [-0.4, -0.2) is 44.0 Å². The summed E-state index contributed by atoms with van der Waals surface area (Å²) in [7, 11) is 0.854. The molecule has 0 saturated carbocycles. The molecule has 0 aromatic carbocycles. The van der Waals surface area contributed by atoms with E-state index in [2.05, 4.69) is 59.4 Å². The summed E-state index contributed by atoms with van der Waals surface area (Å²) in [5.74, 6) is 0.658. The first-order valence-corrected chi connectivity index (χ1v) is 12.2. The van der Waals surface area contributed by atoms with Gasteiger partial charge in [-0.05, 0) is 48.8 Å². The molecule has 0 amide bonds. The molecule has 1 heterocycles. The molecular weight excluding hydrogens is 358 g/mol. The van der Waals surface area contributed by atoms with Gasteiger partial charge < -0.3 is 9.64 Å². The van der Waals surface area contributed by atoms with E-state index in [1.807, 2.05) is 31.3 Å². The molecule has 0 radical (unpaired) electrons. The average Bonchev–Trinajstić information content (AvgIpc) is 2.38. The number of aromatic nitrogens is 1. The molecule has 22 heavy (non-hydrogen) atoms. The summed E-state index contributed by atoms with van der Waals surface area (Å²) < 4.78 is 6.87. The van der Waals surface area contributed by atoms with Crippen LogP contribution in [0.1, 0.15) is 19.5 Å². The zero-order valence-corrected chi connectivity index (χ0v) is 17.4. The van der Waals surface area contributed by atoms with Crippen LogP contribution in [0.25, 0.3) is 0 Å². The molecular formula is C16H28BrN3OSi. The molecule has 0 N–H and O–H groups in total. The van der Waals surface area contributed by atoms with Gasteiger partial charge in [0.2, 0.25) is 5.88 Å². The highest BCUT2D eigenvalue weighted by molar-refractivity contribution is 9.10. The SMILES string of the molecule is CCN(C)C=Nc1cc(Br)c(OC(C)C[Si](C)(C)C)nc1C. The molecule has 1 rings (SSSR count). The Hall–Kier alpha value is -0.883. The fourth-order valence-electron chi connectivity index (χ4n) is 2.10. The van der Waals surface area contributed by atoms with Crippen LogP contribution in [0, 0.1) is 6.92 Å². The van der Waals surface area contributed by atoms with E-state index in [0.717, 1.165) is 28.4 Å². The first-order chi connectivity index (χ1) is 10.1. The third kappa shape index (κ3) is 6.48. The monoisotopic (exact) mass is 385 g/mol. The Kier molecular flexibility index (Phi) is 7.06. The Morgan fingerprint density at radius 3 is 2.64 bits per heavy atom. The summed E-state index contributed by atoms with van der Waals surface area (Å²) in [4.78, 5) is 11.1. The van der Waals surface area contributed by atoms with Gasteiger partial charge in [0.15, 0.2) is 0 Å².